The van der Waals surface area contributed by atoms with Crippen LogP contribution >= 0.6 is 22.9 Å². The summed E-state index contributed by atoms with van der Waals surface area (Å²) in [7, 11) is 2.02. The monoisotopic (exact) mass is 259 g/mol. The predicted octanol–water partition coefficient (Wildman–Crippen LogP) is 5.02. The van der Waals surface area contributed by atoms with Crippen LogP contribution in [-0.4, -0.2) is 7.05 Å². The number of rotatable bonds is 8. The van der Waals surface area contributed by atoms with Crippen molar-refractivity contribution in [3.63, 3.8) is 0 Å². The molecule has 0 aliphatic heterocycles. The van der Waals surface area contributed by atoms with E-state index in [2.05, 4.69) is 17.6 Å². The lowest BCUT2D eigenvalue weighted by Crippen LogP contribution is -2.15. The molecule has 16 heavy (non-hydrogen) atoms. The van der Waals surface area contributed by atoms with Crippen molar-refractivity contribution in [2.45, 2.75) is 51.5 Å². The topological polar surface area (TPSA) is 12.0 Å². The maximum Gasteiger partial charge on any atom is 0.0561 e. The fraction of sp³-hybridized carbons (Fsp3) is 0.692. The summed E-state index contributed by atoms with van der Waals surface area (Å²) in [5.74, 6) is 0. The highest BCUT2D eigenvalue weighted by molar-refractivity contribution is 7.10. The molecule has 0 amide bonds. The fourth-order valence-corrected chi connectivity index (χ4v) is 3.25. The van der Waals surface area contributed by atoms with Crippen LogP contribution in [0.2, 0.25) is 5.02 Å². The molecule has 1 aromatic rings. The molecule has 0 radical (unpaired) electrons. The quantitative estimate of drug-likeness (QED) is 0.646. The van der Waals surface area contributed by atoms with Crippen molar-refractivity contribution in [3.8, 4) is 0 Å². The van der Waals surface area contributed by atoms with Crippen LogP contribution in [-0.2, 0) is 0 Å². The fourth-order valence-electron chi connectivity index (χ4n) is 1.91. The molecule has 0 aliphatic carbocycles. The standard InChI is InChI=1S/C13H22ClNS/c1-3-4-5-6-7-8-12(15-2)13-11(14)9-10-16-13/h9-10,12,15H,3-8H2,1-2H3. The van der Waals surface area contributed by atoms with Gasteiger partial charge in [0, 0.05) is 10.9 Å². The summed E-state index contributed by atoms with van der Waals surface area (Å²) < 4.78 is 0. The Labute approximate surface area is 108 Å². The lowest BCUT2D eigenvalue weighted by molar-refractivity contribution is 0.506. The van der Waals surface area contributed by atoms with Gasteiger partial charge < -0.3 is 5.32 Å². The number of halogens is 1. The van der Waals surface area contributed by atoms with Gasteiger partial charge in [0.1, 0.15) is 0 Å². The summed E-state index contributed by atoms with van der Waals surface area (Å²) >= 11 is 7.90. The first-order valence-corrected chi connectivity index (χ1v) is 7.45. The van der Waals surface area contributed by atoms with Crippen LogP contribution in [0.15, 0.2) is 11.4 Å². The molecular formula is C13H22ClNS. The first-order chi connectivity index (χ1) is 7.79. The number of hydrogen-bond donors (Lipinski definition) is 1. The van der Waals surface area contributed by atoms with Crippen LogP contribution in [0.1, 0.15) is 56.4 Å². The minimum Gasteiger partial charge on any atom is -0.312 e. The summed E-state index contributed by atoms with van der Waals surface area (Å²) in [4.78, 5) is 1.29. The smallest absolute Gasteiger partial charge is 0.0561 e. The molecule has 0 saturated carbocycles. The third kappa shape index (κ3) is 4.44. The van der Waals surface area contributed by atoms with Crippen LogP contribution in [0.3, 0.4) is 0 Å². The zero-order valence-corrected chi connectivity index (χ0v) is 11.8. The van der Waals surface area contributed by atoms with Crippen LogP contribution < -0.4 is 5.32 Å². The van der Waals surface area contributed by atoms with E-state index >= 15 is 0 Å². The Balaban J connectivity index is 2.30. The molecule has 0 aliphatic rings. The average Bonchev–Trinajstić information content (AvgIpc) is 2.70. The minimum atomic E-state index is 0.439. The summed E-state index contributed by atoms with van der Waals surface area (Å²) in [5, 5.41) is 6.35. The zero-order valence-electron chi connectivity index (χ0n) is 10.3. The summed E-state index contributed by atoms with van der Waals surface area (Å²) in [5.41, 5.74) is 0. The maximum atomic E-state index is 6.15. The molecule has 1 nitrogen and oxygen atoms in total. The van der Waals surface area contributed by atoms with Gasteiger partial charge in [0.15, 0.2) is 0 Å². The molecule has 1 rings (SSSR count). The molecule has 92 valence electrons. The van der Waals surface area contributed by atoms with E-state index in [4.69, 9.17) is 11.6 Å². The maximum absolute atomic E-state index is 6.15. The van der Waals surface area contributed by atoms with Gasteiger partial charge in [-0.25, -0.2) is 0 Å². The van der Waals surface area contributed by atoms with Gasteiger partial charge in [-0.1, -0.05) is 50.6 Å². The highest BCUT2D eigenvalue weighted by Gasteiger charge is 2.13. The van der Waals surface area contributed by atoms with E-state index in [-0.39, 0.29) is 0 Å². The van der Waals surface area contributed by atoms with Gasteiger partial charge in [-0.05, 0) is 24.9 Å². The Kier molecular flexibility index (Phi) is 7.10. The second-order valence-electron chi connectivity index (χ2n) is 4.18. The Morgan fingerprint density at radius 3 is 2.62 bits per heavy atom. The first-order valence-electron chi connectivity index (χ1n) is 6.19. The van der Waals surface area contributed by atoms with E-state index in [1.54, 1.807) is 11.3 Å². The van der Waals surface area contributed by atoms with Crippen molar-refractivity contribution in [1.29, 1.82) is 0 Å². The third-order valence-electron chi connectivity index (χ3n) is 2.91. The Hall–Kier alpha value is -0.0500. The Bertz CT molecular complexity index is 285. The Morgan fingerprint density at radius 2 is 2.06 bits per heavy atom. The molecule has 0 fully saturated rings. The largest absolute Gasteiger partial charge is 0.312 e. The van der Waals surface area contributed by atoms with Gasteiger partial charge in [0.25, 0.3) is 0 Å². The predicted molar refractivity (Wildman–Crippen MR) is 74.5 cm³/mol. The van der Waals surface area contributed by atoms with E-state index in [0.29, 0.717) is 6.04 Å². The van der Waals surface area contributed by atoms with Crippen LogP contribution in [0.4, 0.5) is 0 Å². The number of thiophene rings is 1. The molecular weight excluding hydrogens is 238 g/mol. The van der Waals surface area contributed by atoms with Gasteiger partial charge in [-0.2, -0.15) is 0 Å². The van der Waals surface area contributed by atoms with Gasteiger partial charge in [0.2, 0.25) is 0 Å². The van der Waals surface area contributed by atoms with E-state index in [1.807, 2.05) is 13.1 Å². The van der Waals surface area contributed by atoms with E-state index < -0.39 is 0 Å². The molecule has 0 saturated heterocycles. The van der Waals surface area contributed by atoms with Gasteiger partial charge in [-0.3, -0.25) is 0 Å². The summed E-state index contributed by atoms with van der Waals surface area (Å²) in [6.45, 7) is 2.25. The molecule has 3 heteroatoms. The van der Waals surface area contributed by atoms with Crippen LogP contribution in [0.25, 0.3) is 0 Å². The molecule has 0 spiro atoms. The van der Waals surface area contributed by atoms with Crippen LogP contribution in [0.5, 0.6) is 0 Å². The normalized spacial score (nSPS) is 12.9. The van der Waals surface area contributed by atoms with Crippen molar-refractivity contribution in [1.82, 2.24) is 5.32 Å². The van der Waals surface area contributed by atoms with Gasteiger partial charge >= 0.3 is 0 Å². The van der Waals surface area contributed by atoms with Crippen LogP contribution in [0, 0.1) is 0 Å². The van der Waals surface area contributed by atoms with Crippen molar-refractivity contribution < 1.29 is 0 Å². The van der Waals surface area contributed by atoms with E-state index in [1.165, 1.54) is 43.4 Å². The third-order valence-corrected chi connectivity index (χ3v) is 4.38. The van der Waals surface area contributed by atoms with E-state index in [9.17, 15) is 0 Å². The minimum absolute atomic E-state index is 0.439. The zero-order chi connectivity index (χ0) is 11.8. The lowest BCUT2D eigenvalue weighted by atomic mass is 10.1. The van der Waals surface area contributed by atoms with Gasteiger partial charge in [0.05, 0.1) is 5.02 Å². The highest BCUT2D eigenvalue weighted by Crippen LogP contribution is 2.31. The van der Waals surface area contributed by atoms with Crippen molar-refractivity contribution in [3.05, 3.63) is 21.3 Å². The first kappa shape index (κ1) is 14.0. The molecule has 0 bridgehead atoms. The number of unbranched alkanes of at least 4 members (excludes halogenated alkanes) is 4. The molecule has 1 atom stereocenters. The van der Waals surface area contributed by atoms with Crippen molar-refractivity contribution >= 4 is 22.9 Å². The Morgan fingerprint density at radius 1 is 1.31 bits per heavy atom. The average molecular weight is 260 g/mol. The molecule has 1 heterocycles. The molecule has 1 unspecified atom stereocenters. The van der Waals surface area contributed by atoms with Crippen molar-refractivity contribution in [2.75, 3.05) is 7.05 Å². The number of hydrogen-bond acceptors (Lipinski definition) is 2. The molecule has 0 aromatic carbocycles. The molecule has 1 aromatic heterocycles. The summed E-state index contributed by atoms with van der Waals surface area (Å²) in [6.07, 6.45) is 7.87. The summed E-state index contributed by atoms with van der Waals surface area (Å²) in [6, 6.07) is 2.43. The van der Waals surface area contributed by atoms with E-state index in [0.717, 1.165) is 5.02 Å². The van der Waals surface area contributed by atoms with Crippen molar-refractivity contribution in [2.24, 2.45) is 0 Å². The number of nitrogens with one attached hydrogen (secondary N) is 1. The second-order valence-corrected chi connectivity index (χ2v) is 5.53. The SMILES string of the molecule is CCCCCCCC(NC)c1sccc1Cl. The van der Waals surface area contributed by atoms with Gasteiger partial charge in [-0.15, -0.1) is 11.3 Å². The highest BCUT2D eigenvalue weighted by atomic mass is 35.5. The lowest BCUT2D eigenvalue weighted by Gasteiger charge is -2.15. The second kappa shape index (κ2) is 8.10. The molecule has 1 N–H and O–H groups in total.